The van der Waals surface area contributed by atoms with Gasteiger partial charge in [-0.3, -0.25) is 0 Å². The van der Waals surface area contributed by atoms with Gasteiger partial charge in [0, 0.05) is 0 Å². The molecule has 0 aliphatic heterocycles. The summed E-state index contributed by atoms with van der Waals surface area (Å²) >= 11 is 0. The molecule has 90 valence electrons. The third-order valence-electron chi connectivity index (χ3n) is 2.77. The highest BCUT2D eigenvalue weighted by Crippen LogP contribution is 2.29. The summed E-state index contributed by atoms with van der Waals surface area (Å²) in [5, 5.41) is 9.22. The Labute approximate surface area is 101 Å². The molecule has 0 aliphatic carbocycles. The topological polar surface area (TPSA) is 23.8 Å². The van der Waals surface area contributed by atoms with Gasteiger partial charge in [0.25, 0.3) is 0 Å². The Hall–Kier alpha value is -1.03. The predicted molar refractivity (Wildman–Crippen MR) is 71.1 cm³/mol. The summed E-state index contributed by atoms with van der Waals surface area (Å²) in [7, 11) is 0. The molecule has 0 N–H and O–H groups in total. The van der Waals surface area contributed by atoms with Crippen molar-refractivity contribution in [1.29, 1.82) is 5.26 Å². The zero-order valence-corrected chi connectivity index (χ0v) is 11.4. The van der Waals surface area contributed by atoms with Gasteiger partial charge in [0.2, 0.25) is 0 Å². The molecule has 0 saturated carbocycles. The highest BCUT2D eigenvalue weighted by molar-refractivity contribution is 5.02. The smallest absolute Gasteiger partial charge is 0.0687 e. The maximum atomic E-state index is 9.22. The van der Waals surface area contributed by atoms with Crippen molar-refractivity contribution < 1.29 is 0 Å². The molecule has 0 saturated heterocycles. The lowest BCUT2D eigenvalue weighted by molar-refractivity contribution is 0.379. The minimum absolute atomic E-state index is 0.169. The molecule has 0 aromatic heterocycles. The van der Waals surface area contributed by atoms with Gasteiger partial charge in [-0.1, -0.05) is 23.3 Å². The van der Waals surface area contributed by atoms with Crippen LogP contribution in [0.15, 0.2) is 23.3 Å². The van der Waals surface area contributed by atoms with E-state index in [2.05, 4.69) is 52.8 Å². The molecule has 0 spiro atoms. The molecule has 0 bridgehead atoms. The zero-order valence-electron chi connectivity index (χ0n) is 11.4. The first kappa shape index (κ1) is 15.0. The van der Waals surface area contributed by atoms with E-state index in [1.165, 1.54) is 11.1 Å². The van der Waals surface area contributed by atoms with E-state index in [1.807, 2.05) is 0 Å². The molecule has 0 unspecified atom stereocenters. The Balaban J connectivity index is 4.17. The van der Waals surface area contributed by atoms with Gasteiger partial charge in [0.05, 0.1) is 11.5 Å². The van der Waals surface area contributed by atoms with E-state index < -0.39 is 0 Å². The molecule has 1 heteroatoms. The molecule has 0 atom stereocenters. The fourth-order valence-electron chi connectivity index (χ4n) is 1.60. The van der Waals surface area contributed by atoms with Crippen molar-refractivity contribution in [2.24, 2.45) is 5.41 Å². The van der Waals surface area contributed by atoms with Crippen LogP contribution < -0.4 is 0 Å². The van der Waals surface area contributed by atoms with Crippen molar-refractivity contribution >= 4 is 0 Å². The quantitative estimate of drug-likeness (QED) is 0.576. The summed E-state index contributed by atoms with van der Waals surface area (Å²) < 4.78 is 0. The van der Waals surface area contributed by atoms with E-state index in [0.717, 1.165) is 25.7 Å². The summed E-state index contributed by atoms with van der Waals surface area (Å²) in [4.78, 5) is 0. The van der Waals surface area contributed by atoms with E-state index >= 15 is 0 Å². The highest BCUT2D eigenvalue weighted by Gasteiger charge is 2.21. The van der Waals surface area contributed by atoms with Crippen LogP contribution in [-0.4, -0.2) is 0 Å². The third-order valence-corrected chi connectivity index (χ3v) is 2.77. The minimum atomic E-state index is -0.169. The first-order valence-corrected chi connectivity index (χ1v) is 6.07. The molecule has 1 nitrogen and oxygen atoms in total. The first-order valence-electron chi connectivity index (χ1n) is 6.07. The lowest BCUT2D eigenvalue weighted by atomic mass is 9.82. The van der Waals surface area contributed by atoms with Crippen molar-refractivity contribution in [3.05, 3.63) is 23.3 Å². The lowest BCUT2D eigenvalue weighted by Crippen LogP contribution is -2.12. The fourth-order valence-corrected chi connectivity index (χ4v) is 1.60. The first-order chi connectivity index (χ1) is 7.39. The van der Waals surface area contributed by atoms with Gasteiger partial charge in [0.15, 0.2) is 0 Å². The SMILES string of the molecule is CC(C)=CCCC(C)(C#N)CCC=C(C)C. The second-order valence-corrected chi connectivity index (χ2v) is 5.31. The summed E-state index contributed by atoms with van der Waals surface area (Å²) in [5.41, 5.74) is 2.51. The molecular weight excluding hydrogens is 194 g/mol. The third kappa shape index (κ3) is 7.29. The van der Waals surface area contributed by atoms with Crippen LogP contribution in [-0.2, 0) is 0 Å². The zero-order chi connectivity index (χ0) is 12.6. The highest BCUT2D eigenvalue weighted by atomic mass is 14.3. The second-order valence-electron chi connectivity index (χ2n) is 5.31. The molecule has 0 rings (SSSR count). The average Bonchev–Trinajstić information content (AvgIpc) is 2.16. The van der Waals surface area contributed by atoms with Gasteiger partial charge in [-0.05, 0) is 60.3 Å². The largest absolute Gasteiger partial charge is 0.198 e. The maximum Gasteiger partial charge on any atom is 0.0687 e. The molecule has 0 fully saturated rings. The Bertz CT molecular complexity index is 272. The summed E-state index contributed by atoms with van der Waals surface area (Å²) in [6.07, 6.45) is 8.39. The Morgan fingerprint density at radius 3 is 1.62 bits per heavy atom. The van der Waals surface area contributed by atoms with Gasteiger partial charge >= 0.3 is 0 Å². The Kier molecular flexibility index (Phi) is 6.81. The molecule has 0 aromatic rings. The second kappa shape index (κ2) is 7.28. The van der Waals surface area contributed by atoms with Crippen LogP contribution in [0.5, 0.6) is 0 Å². The van der Waals surface area contributed by atoms with Crippen LogP contribution in [0.3, 0.4) is 0 Å². The van der Waals surface area contributed by atoms with E-state index in [9.17, 15) is 5.26 Å². The van der Waals surface area contributed by atoms with E-state index in [0.29, 0.717) is 0 Å². The number of nitrogens with zero attached hydrogens (tertiary/aromatic N) is 1. The summed E-state index contributed by atoms with van der Waals surface area (Å²) in [6, 6.07) is 2.47. The van der Waals surface area contributed by atoms with Crippen LogP contribution in [0, 0.1) is 16.7 Å². The Morgan fingerprint density at radius 2 is 1.38 bits per heavy atom. The predicted octanol–water partition coefficient (Wildman–Crippen LogP) is 5.01. The van der Waals surface area contributed by atoms with Gasteiger partial charge in [-0.25, -0.2) is 0 Å². The molecule has 0 aromatic carbocycles. The standard InChI is InChI=1S/C15H25N/c1-13(2)8-6-10-15(5,12-16)11-7-9-14(3)4/h8-9H,6-7,10-11H2,1-5H3. The molecule has 0 radical (unpaired) electrons. The monoisotopic (exact) mass is 219 g/mol. The number of rotatable bonds is 6. The van der Waals surface area contributed by atoms with Crippen LogP contribution in [0.2, 0.25) is 0 Å². The van der Waals surface area contributed by atoms with E-state index in [-0.39, 0.29) is 5.41 Å². The van der Waals surface area contributed by atoms with Crippen molar-refractivity contribution in [1.82, 2.24) is 0 Å². The fraction of sp³-hybridized carbons (Fsp3) is 0.667. The number of hydrogen-bond donors (Lipinski definition) is 0. The Morgan fingerprint density at radius 1 is 1.00 bits per heavy atom. The number of allylic oxidation sites excluding steroid dienone is 4. The van der Waals surface area contributed by atoms with Crippen molar-refractivity contribution in [2.45, 2.75) is 60.3 Å². The van der Waals surface area contributed by atoms with Crippen LogP contribution >= 0.6 is 0 Å². The maximum absolute atomic E-state index is 9.22. The summed E-state index contributed by atoms with van der Waals surface area (Å²) in [5.74, 6) is 0. The normalized spacial score (nSPS) is 10.5. The van der Waals surface area contributed by atoms with Gasteiger partial charge in [0.1, 0.15) is 0 Å². The average molecular weight is 219 g/mol. The molecule has 16 heavy (non-hydrogen) atoms. The summed E-state index contributed by atoms with van der Waals surface area (Å²) in [6.45, 7) is 10.5. The van der Waals surface area contributed by atoms with Crippen LogP contribution in [0.1, 0.15) is 60.3 Å². The molecule has 0 amide bonds. The molecule has 0 heterocycles. The van der Waals surface area contributed by atoms with E-state index in [4.69, 9.17) is 0 Å². The molecule has 0 aliphatic rings. The molecular formula is C15H25N. The number of nitriles is 1. The van der Waals surface area contributed by atoms with Crippen LogP contribution in [0.4, 0.5) is 0 Å². The van der Waals surface area contributed by atoms with Gasteiger partial charge in [-0.2, -0.15) is 5.26 Å². The van der Waals surface area contributed by atoms with Crippen LogP contribution in [0.25, 0.3) is 0 Å². The van der Waals surface area contributed by atoms with Crippen molar-refractivity contribution in [2.75, 3.05) is 0 Å². The van der Waals surface area contributed by atoms with E-state index in [1.54, 1.807) is 0 Å². The van der Waals surface area contributed by atoms with Gasteiger partial charge in [-0.15, -0.1) is 0 Å². The lowest BCUT2D eigenvalue weighted by Gasteiger charge is -2.19. The van der Waals surface area contributed by atoms with Crippen molar-refractivity contribution in [3.63, 3.8) is 0 Å². The van der Waals surface area contributed by atoms with Gasteiger partial charge < -0.3 is 0 Å². The number of hydrogen-bond acceptors (Lipinski definition) is 1. The minimum Gasteiger partial charge on any atom is -0.198 e. The van der Waals surface area contributed by atoms with Crippen molar-refractivity contribution in [3.8, 4) is 6.07 Å².